The molecule has 1 amide bonds. The first-order valence-corrected chi connectivity index (χ1v) is 5.62. The Bertz CT molecular complexity index is 434. The summed E-state index contributed by atoms with van der Waals surface area (Å²) in [6, 6.07) is 4.42. The second-order valence-electron chi connectivity index (χ2n) is 4.31. The number of carbonyl (C=O) groups excluding carboxylic acids is 1. The van der Waals surface area contributed by atoms with E-state index < -0.39 is 0 Å². The van der Waals surface area contributed by atoms with Gasteiger partial charge in [-0.25, -0.2) is 0 Å². The fourth-order valence-corrected chi connectivity index (χ4v) is 1.96. The summed E-state index contributed by atoms with van der Waals surface area (Å²) in [6.07, 6.45) is 0. The Labute approximate surface area is 99.7 Å². The molecule has 3 N–H and O–H groups in total. The summed E-state index contributed by atoms with van der Waals surface area (Å²) < 4.78 is 0. The average molecular weight is 236 g/mol. The molecule has 0 bridgehead atoms. The van der Waals surface area contributed by atoms with Crippen LogP contribution in [-0.4, -0.2) is 46.7 Å². The standard InChI is InChI=1S/C12H16N2O3/c1-8-7-14(5-4-13-8)12(17)9-2-3-10(15)11(16)6-9/h2-3,6,8,13,15-16H,4-5,7H2,1H3/t8-/m1/s1. The van der Waals surface area contributed by atoms with Crippen molar-refractivity contribution >= 4 is 5.91 Å². The molecule has 92 valence electrons. The largest absolute Gasteiger partial charge is 0.504 e. The number of hydrogen-bond acceptors (Lipinski definition) is 4. The molecule has 1 fully saturated rings. The molecule has 1 aromatic rings. The number of piperazine rings is 1. The van der Waals surface area contributed by atoms with E-state index in [1.54, 1.807) is 4.90 Å². The lowest BCUT2D eigenvalue weighted by Crippen LogP contribution is -2.51. The molecule has 0 aromatic heterocycles. The number of amides is 1. The molecule has 1 aliphatic rings. The number of phenols is 2. The van der Waals surface area contributed by atoms with Gasteiger partial charge >= 0.3 is 0 Å². The van der Waals surface area contributed by atoms with E-state index in [9.17, 15) is 15.0 Å². The van der Waals surface area contributed by atoms with Crippen LogP contribution in [0.4, 0.5) is 0 Å². The number of nitrogens with zero attached hydrogens (tertiary/aromatic N) is 1. The smallest absolute Gasteiger partial charge is 0.254 e. The number of carbonyl (C=O) groups is 1. The van der Waals surface area contributed by atoms with E-state index in [2.05, 4.69) is 5.32 Å². The number of rotatable bonds is 1. The van der Waals surface area contributed by atoms with Crippen LogP contribution in [0.3, 0.4) is 0 Å². The highest BCUT2D eigenvalue weighted by Crippen LogP contribution is 2.25. The van der Waals surface area contributed by atoms with Gasteiger partial charge in [0.25, 0.3) is 5.91 Å². The van der Waals surface area contributed by atoms with Gasteiger partial charge in [-0.1, -0.05) is 0 Å². The van der Waals surface area contributed by atoms with Crippen molar-refractivity contribution in [3.8, 4) is 11.5 Å². The molecule has 1 atom stereocenters. The fourth-order valence-electron chi connectivity index (χ4n) is 1.96. The van der Waals surface area contributed by atoms with E-state index in [0.29, 0.717) is 18.7 Å². The maximum Gasteiger partial charge on any atom is 0.254 e. The molecule has 1 aromatic carbocycles. The van der Waals surface area contributed by atoms with E-state index >= 15 is 0 Å². The van der Waals surface area contributed by atoms with E-state index in [0.717, 1.165) is 6.54 Å². The average Bonchev–Trinajstić information content (AvgIpc) is 2.32. The van der Waals surface area contributed by atoms with Gasteiger partial charge in [-0.05, 0) is 25.1 Å². The maximum absolute atomic E-state index is 12.1. The van der Waals surface area contributed by atoms with Crippen LogP contribution >= 0.6 is 0 Å². The lowest BCUT2D eigenvalue weighted by molar-refractivity contribution is 0.0708. The van der Waals surface area contributed by atoms with Gasteiger partial charge in [-0.3, -0.25) is 4.79 Å². The Hall–Kier alpha value is -1.75. The SMILES string of the molecule is C[C@@H]1CN(C(=O)c2ccc(O)c(O)c2)CCN1. The van der Waals surface area contributed by atoms with E-state index in [1.807, 2.05) is 6.92 Å². The van der Waals surface area contributed by atoms with E-state index in [-0.39, 0.29) is 23.4 Å². The van der Waals surface area contributed by atoms with Crippen LogP contribution in [0.1, 0.15) is 17.3 Å². The molecule has 0 saturated carbocycles. The number of phenolic OH excluding ortho intramolecular Hbond substituents is 2. The molecule has 5 nitrogen and oxygen atoms in total. The Morgan fingerprint density at radius 2 is 2.18 bits per heavy atom. The molecule has 0 spiro atoms. The molecular formula is C12H16N2O3. The summed E-state index contributed by atoms with van der Waals surface area (Å²) in [6.45, 7) is 4.11. The summed E-state index contributed by atoms with van der Waals surface area (Å²) in [5, 5.41) is 21.8. The molecule has 5 heteroatoms. The van der Waals surface area contributed by atoms with Crippen LogP contribution in [0.5, 0.6) is 11.5 Å². The minimum Gasteiger partial charge on any atom is -0.504 e. The highest BCUT2D eigenvalue weighted by atomic mass is 16.3. The Morgan fingerprint density at radius 3 is 2.82 bits per heavy atom. The van der Waals surface area contributed by atoms with E-state index in [4.69, 9.17) is 0 Å². The minimum absolute atomic E-state index is 0.117. The highest BCUT2D eigenvalue weighted by molar-refractivity contribution is 5.95. The molecule has 0 radical (unpaired) electrons. The third-order valence-corrected chi connectivity index (χ3v) is 2.88. The summed E-state index contributed by atoms with van der Waals surface area (Å²) >= 11 is 0. The van der Waals surface area contributed by atoms with Crippen molar-refractivity contribution in [1.82, 2.24) is 10.2 Å². The van der Waals surface area contributed by atoms with Gasteiger partial charge < -0.3 is 20.4 Å². The first kappa shape index (κ1) is 11.7. The lowest BCUT2D eigenvalue weighted by atomic mass is 10.1. The van der Waals surface area contributed by atoms with Crippen LogP contribution in [0, 0.1) is 0 Å². The zero-order valence-electron chi connectivity index (χ0n) is 9.68. The molecule has 1 heterocycles. The normalized spacial score (nSPS) is 20.3. The predicted molar refractivity (Wildman–Crippen MR) is 63.1 cm³/mol. The van der Waals surface area contributed by atoms with Gasteiger partial charge in [-0.2, -0.15) is 0 Å². The summed E-state index contributed by atoms with van der Waals surface area (Å²) in [5.74, 6) is -0.595. The predicted octanol–water partition coefficient (Wildman–Crippen LogP) is 0.532. The Kier molecular flexibility index (Phi) is 3.19. The zero-order chi connectivity index (χ0) is 12.4. The van der Waals surface area contributed by atoms with E-state index in [1.165, 1.54) is 18.2 Å². The topological polar surface area (TPSA) is 72.8 Å². The van der Waals surface area contributed by atoms with Crippen molar-refractivity contribution in [1.29, 1.82) is 0 Å². The van der Waals surface area contributed by atoms with Crippen LogP contribution in [-0.2, 0) is 0 Å². The van der Waals surface area contributed by atoms with Gasteiger partial charge in [0.2, 0.25) is 0 Å². The third kappa shape index (κ3) is 2.50. The molecule has 2 rings (SSSR count). The number of hydrogen-bond donors (Lipinski definition) is 3. The van der Waals surface area contributed by atoms with Crippen LogP contribution < -0.4 is 5.32 Å². The molecule has 17 heavy (non-hydrogen) atoms. The van der Waals surface area contributed by atoms with Crippen molar-refractivity contribution in [2.24, 2.45) is 0 Å². The molecule has 1 saturated heterocycles. The van der Waals surface area contributed by atoms with Crippen molar-refractivity contribution in [3.63, 3.8) is 0 Å². The monoisotopic (exact) mass is 236 g/mol. The maximum atomic E-state index is 12.1. The van der Waals surface area contributed by atoms with Crippen LogP contribution in [0.25, 0.3) is 0 Å². The van der Waals surface area contributed by atoms with Crippen LogP contribution in [0.15, 0.2) is 18.2 Å². The lowest BCUT2D eigenvalue weighted by Gasteiger charge is -2.32. The molecule has 1 aliphatic heterocycles. The minimum atomic E-state index is -0.265. The van der Waals surface area contributed by atoms with Gasteiger partial charge in [0, 0.05) is 31.2 Å². The quantitative estimate of drug-likeness (QED) is 0.622. The second kappa shape index (κ2) is 4.63. The fraction of sp³-hybridized carbons (Fsp3) is 0.417. The van der Waals surface area contributed by atoms with Gasteiger partial charge in [0.1, 0.15) is 0 Å². The summed E-state index contributed by atoms with van der Waals surface area (Å²) in [5.41, 5.74) is 0.398. The molecule has 0 unspecified atom stereocenters. The number of aromatic hydroxyl groups is 2. The summed E-state index contributed by atoms with van der Waals surface area (Å²) in [4.78, 5) is 13.9. The van der Waals surface area contributed by atoms with Crippen molar-refractivity contribution in [2.45, 2.75) is 13.0 Å². The van der Waals surface area contributed by atoms with Crippen molar-refractivity contribution in [3.05, 3.63) is 23.8 Å². The van der Waals surface area contributed by atoms with Gasteiger partial charge in [0.05, 0.1) is 0 Å². The first-order chi connectivity index (χ1) is 8.08. The number of nitrogens with one attached hydrogen (secondary N) is 1. The zero-order valence-corrected chi connectivity index (χ0v) is 9.68. The second-order valence-corrected chi connectivity index (χ2v) is 4.31. The Morgan fingerprint density at radius 1 is 1.41 bits per heavy atom. The Balaban J connectivity index is 2.15. The van der Waals surface area contributed by atoms with Crippen molar-refractivity contribution in [2.75, 3.05) is 19.6 Å². The van der Waals surface area contributed by atoms with Gasteiger partial charge in [0.15, 0.2) is 11.5 Å². The summed E-state index contributed by atoms with van der Waals surface area (Å²) in [7, 11) is 0. The van der Waals surface area contributed by atoms with Crippen LogP contribution in [0.2, 0.25) is 0 Å². The van der Waals surface area contributed by atoms with Gasteiger partial charge in [-0.15, -0.1) is 0 Å². The number of benzene rings is 1. The first-order valence-electron chi connectivity index (χ1n) is 5.62. The molecular weight excluding hydrogens is 220 g/mol. The van der Waals surface area contributed by atoms with Crippen molar-refractivity contribution < 1.29 is 15.0 Å². The third-order valence-electron chi connectivity index (χ3n) is 2.88. The highest BCUT2D eigenvalue weighted by Gasteiger charge is 2.22. The molecule has 0 aliphatic carbocycles.